The van der Waals surface area contributed by atoms with Gasteiger partial charge in [-0.1, -0.05) is 36.4 Å². The van der Waals surface area contributed by atoms with Crippen LogP contribution in [0.5, 0.6) is 0 Å². The maximum Gasteiger partial charge on any atom is 0.355 e. The molecule has 0 bridgehead atoms. The molecule has 0 saturated carbocycles. The van der Waals surface area contributed by atoms with Gasteiger partial charge in [0.15, 0.2) is 0 Å². The molecule has 0 aliphatic rings. The van der Waals surface area contributed by atoms with Crippen molar-refractivity contribution in [1.82, 2.24) is 9.97 Å². The van der Waals surface area contributed by atoms with Crippen LogP contribution in [0.3, 0.4) is 0 Å². The molecule has 0 radical (unpaired) electrons. The van der Waals surface area contributed by atoms with Crippen molar-refractivity contribution < 1.29 is 13.7 Å². The Kier molecular flexibility index (Phi) is 5.84. The van der Waals surface area contributed by atoms with Crippen LogP contribution in [0.25, 0.3) is 0 Å². The van der Waals surface area contributed by atoms with Gasteiger partial charge in [-0.25, -0.2) is 18.7 Å². The van der Waals surface area contributed by atoms with Gasteiger partial charge in [-0.3, -0.25) is 20.5 Å². The van der Waals surface area contributed by atoms with Gasteiger partial charge in [-0.05, 0) is 36.4 Å². The lowest BCUT2D eigenvalue weighted by molar-refractivity contribution is -0.383. The van der Waals surface area contributed by atoms with Crippen molar-refractivity contribution >= 4 is 34.4 Å². The minimum absolute atomic E-state index is 0.142. The molecule has 0 atom stereocenters. The maximum absolute atomic E-state index is 14.1. The van der Waals surface area contributed by atoms with E-state index in [1.54, 1.807) is 5.01 Å². The lowest BCUT2D eigenvalue weighted by Crippen LogP contribution is -2.26. The van der Waals surface area contributed by atoms with Gasteiger partial charge in [0.2, 0.25) is 11.6 Å². The SMILES string of the molecule is O=[N+]([O-])c1c(Nc2cc(F)ccc2F)ncnc1NN(c1ccccc1)c1ccccc1. The van der Waals surface area contributed by atoms with Crippen molar-refractivity contribution in [2.24, 2.45) is 0 Å². The molecule has 0 saturated heterocycles. The minimum atomic E-state index is -0.788. The number of anilines is 5. The fourth-order valence-corrected chi connectivity index (χ4v) is 2.98. The summed E-state index contributed by atoms with van der Waals surface area (Å²) in [4.78, 5) is 19.1. The summed E-state index contributed by atoms with van der Waals surface area (Å²) in [7, 11) is 0. The first-order chi connectivity index (χ1) is 15.5. The monoisotopic (exact) mass is 434 g/mol. The van der Waals surface area contributed by atoms with E-state index in [9.17, 15) is 18.9 Å². The van der Waals surface area contributed by atoms with E-state index in [0.717, 1.165) is 24.5 Å². The van der Waals surface area contributed by atoms with Gasteiger partial charge in [-0.2, -0.15) is 0 Å². The first-order valence-corrected chi connectivity index (χ1v) is 9.41. The van der Waals surface area contributed by atoms with E-state index >= 15 is 0 Å². The van der Waals surface area contributed by atoms with Crippen LogP contribution in [-0.2, 0) is 0 Å². The van der Waals surface area contributed by atoms with Crippen molar-refractivity contribution in [1.29, 1.82) is 0 Å². The number of halogens is 2. The lowest BCUT2D eigenvalue weighted by atomic mass is 10.2. The molecule has 0 spiro atoms. The largest absolute Gasteiger partial charge is 0.355 e. The third-order valence-electron chi connectivity index (χ3n) is 4.43. The summed E-state index contributed by atoms with van der Waals surface area (Å²) in [5.74, 6) is -1.93. The van der Waals surface area contributed by atoms with Crippen molar-refractivity contribution in [2.45, 2.75) is 0 Å². The maximum atomic E-state index is 14.1. The van der Waals surface area contributed by atoms with Crippen molar-refractivity contribution in [3.8, 4) is 0 Å². The van der Waals surface area contributed by atoms with Crippen LogP contribution >= 0.6 is 0 Å². The third-order valence-corrected chi connectivity index (χ3v) is 4.43. The predicted molar refractivity (Wildman–Crippen MR) is 117 cm³/mol. The predicted octanol–water partition coefficient (Wildman–Crippen LogP) is 5.57. The number of hydrogen-bond acceptors (Lipinski definition) is 7. The molecule has 0 fully saturated rings. The van der Waals surface area contributed by atoms with Gasteiger partial charge >= 0.3 is 5.69 Å². The Morgan fingerprint density at radius 1 is 0.844 bits per heavy atom. The van der Waals surface area contributed by atoms with Crippen LogP contribution < -0.4 is 15.8 Å². The number of hydrogen-bond donors (Lipinski definition) is 2. The Morgan fingerprint density at radius 3 is 2.03 bits per heavy atom. The number of nitrogens with zero attached hydrogens (tertiary/aromatic N) is 4. The van der Waals surface area contributed by atoms with Crippen LogP contribution in [0.4, 0.5) is 43.2 Å². The van der Waals surface area contributed by atoms with Crippen LogP contribution in [0.1, 0.15) is 0 Å². The van der Waals surface area contributed by atoms with Gasteiger partial charge in [0.25, 0.3) is 0 Å². The fraction of sp³-hybridized carbons (Fsp3) is 0. The molecule has 0 unspecified atom stereocenters. The van der Waals surface area contributed by atoms with E-state index in [-0.39, 0.29) is 17.3 Å². The van der Waals surface area contributed by atoms with E-state index in [1.165, 1.54) is 0 Å². The number of benzene rings is 3. The second-order valence-electron chi connectivity index (χ2n) is 6.54. The zero-order chi connectivity index (χ0) is 22.5. The molecule has 3 aromatic carbocycles. The topological polar surface area (TPSA) is 96.2 Å². The van der Waals surface area contributed by atoms with Crippen LogP contribution in [0.2, 0.25) is 0 Å². The average molecular weight is 434 g/mol. The van der Waals surface area contributed by atoms with Crippen molar-refractivity contribution in [2.75, 3.05) is 15.8 Å². The Hall–Kier alpha value is -4.60. The van der Waals surface area contributed by atoms with Gasteiger partial charge in [0, 0.05) is 6.07 Å². The summed E-state index contributed by atoms with van der Waals surface area (Å²) >= 11 is 0. The molecule has 8 nitrogen and oxygen atoms in total. The first kappa shape index (κ1) is 20.7. The van der Waals surface area contributed by atoms with E-state index in [4.69, 9.17) is 0 Å². The molecule has 4 aromatic rings. The van der Waals surface area contributed by atoms with Crippen molar-refractivity contribution in [3.05, 3.63) is 107 Å². The highest BCUT2D eigenvalue weighted by Crippen LogP contribution is 2.34. The summed E-state index contributed by atoms with van der Waals surface area (Å²) in [6.07, 6.45) is 1.09. The highest BCUT2D eigenvalue weighted by molar-refractivity contribution is 5.77. The van der Waals surface area contributed by atoms with Gasteiger partial charge in [0.1, 0.15) is 18.0 Å². The Bertz CT molecular complexity index is 1200. The first-order valence-electron chi connectivity index (χ1n) is 9.41. The quantitative estimate of drug-likeness (QED) is 0.290. The zero-order valence-corrected chi connectivity index (χ0v) is 16.4. The molecule has 10 heteroatoms. The van der Waals surface area contributed by atoms with E-state index < -0.39 is 22.2 Å². The molecule has 0 aliphatic heterocycles. The normalized spacial score (nSPS) is 10.4. The van der Waals surface area contributed by atoms with Crippen molar-refractivity contribution in [3.63, 3.8) is 0 Å². The van der Waals surface area contributed by atoms with Gasteiger partial charge < -0.3 is 5.32 Å². The minimum Gasteiger partial charge on any atom is -0.332 e. The Morgan fingerprint density at radius 2 is 1.44 bits per heavy atom. The number of nitrogens with one attached hydrogen (secondary N) is 2. The Labute approximate surface area is 181 Å². The third kappa shape index (κ3) is 4.43. The second kappa shape index (κ2) is 9.04. The van der Waals surface area contributed by atoms with Crippen LogP contribution in [-0.4, -0.2) is 14.9 Å². The number of aromatic nitrogens is 2. The molecule has 1 heterocycles. The summed E-state index contributed by atoms with van der Waals surface area (Å²) in [6, 6.07) is 21.0. The van der Waals surface area contributed by atoms with Crippen LogP contribution in [0.15, 0.2) is 85.2 Å². The van der Waals surface area contributed by atoms with Crippen LogP contribution in [0, 0.1) is 21.7 Å². The summed E-state index contributed by atoms with van der Waals surface area (Å²) < 4.78 is 27.6. The van der Waals surface area contributed by atoms with Gasteiger partial charge in [-0.15, -0.1) is 0 Å². The standard InChI is InChI=1S/C22H16F2N6O2/c23-15-11-12-18(24)19(13-15)27-21-20(30(31)32)22(26-14-25-21)28-29(16-7-3-1-4-8-16)17-9-5-2-6-10-17/h1-14H,(H2,25,26,27,28). The van der Waals surface area contributed by atoms with E-state index in [0.29, 0.717) is 11.4 Å². The number of para-hydroxylation sites is 2. The highest BCUT2D eigenvalue weighted by atomic mass is 19.1. The summed E-state index contributed by atoms with van der Waals surface area (Å²) in [5, 5.41) is 16.0. The average Bonchev–Trinajstić information content (AvgIpc) is 2.81. The number of nitro groups is 1. The molecule has 0 aliphatic carbocycles. The molecule has 2 N–H and O–H groups in total. The summed E-state index contributed by atoms with van der Waals surface area (Å²) in [6.45, 7) is 0. The smallest absolute Gasteiger partial charge is 0.332 e. The molecular weight excluding hydrogens is 418 g/mol. The molecular formula is C22H16F2N6O2. The van der Waals surface area contributed by atoms with Gasteiger partial charge in [0.05, 0.1) is 22.0 Å². The summed E-state index contributed by atoms with van der Waals surface area (Å²) in [5.41, 5.74) is 3.51. The fourth-order valence-electron chi connectivity index (χ4n) is 2.98. The molecule has 4 rings (SSSR count). The Balaban J connectivity index is 1.76. The molecule has 32 heavy (non-hydrogen) atoms. The lowest BCUT2D eigenvalue weighted by Gasteiger charge is -2.26. The highest BCUT2D eigenvalue weighted by Gasteiger charge is 2.26. The number of hydrazine groups is 1. The van der Waals surface area contributed by atoms with E-state index in [2.05, 4.69) is 20.7 Å². The molecule has 1 aromatic heterocycles. The zero-order valence-electron chi connectivity index (χ0n) is 16.4. The molecule has 160 valence electrons. The second-order valence-corrected chi connectivity index (χ2v) is 6.54. The number of rotatable bonds is 7. The molecule has 0 amide bonds. The van der Waals surface area contributed by atoms with E-state index in [1.807, 2.05) is 60.7 Å².